The van der Waals surface area contributed by atoms with E-state index in [0.717, 1.165) is 44.9 Å². The van der Waals surface area contributed by atoms with Crippen LogP contribution < -0.4 is 22.1 Å². The number of nitriles is 1. The van der Waals surface area contributed by atoms with E-state index in [1.807, 2.05) is 0 Å². The fourth-order valence-corrected chi connectivity index (χ4v) is 8.24. The van der Waals surface area contributed by atoms with Crippen LogP contribution in [0.2, 0.25) is 0 Å². The minimum absolute atomic E-state index is 0.0731. The molecule has 0 aromatic rings. The molecule has 7 N–H and O–H groups in total. The predicted molar refractivity (Wildman–Crippen MR) is 129 cm³/mol. The summed E-state index contributed by atoms with van der Waals surface area (Å²) >= 11 is 0. The second-order valence-electron chi connectivity index (χ2n) is 11.9. The number of esters is 1. The molecule has 10 heteroatoms. The van der Waals surface area contributed by atoms with Gasteiger partial charge in [-0.1, -0.05) is 0 Å². The van der Waals surface area contributed by atoms with Crippen molar-refractivity contribution in [3.05, 3.63) is 0 Å². The van der Waals surface area contributed by atoms with Crippen LogP contribution in [0, 0.1) is 39.9 Å². The molecular weight excluding hydrogens is 446 g/mol. The number of ether oxygens (including phenoxy) is 1. The molecule has 1 heterocycles. The van der Waals surface area contributed by atoms with Crippen molar-refractivity contribution in [1.29, 1.82) is 10.7 Å². The molecule has 6 aliphatic rings. The number of carbonyl (C=O) groups excluding carboxylic acids is 2. The molecule has 1 saturated heterocycles. The molecule has 6 rings (SSSR count). The monoisotopic (exact) mass is 485 g/mol. The number of piperidine rings is 1. The van der Waals surface area contributed by atoms with Crippen LogP contribution in [-0.2, 0) is 14.3 Å². The summed E-state index contributed by atoms with van der Waals surface area (Å²) in [7, 11) is 1.76. The Morgan fingerprint density at radius 3 is 2.57 bits per heavy atom. The van der Waals surface area contributed by atoms with Gasteiger partial charge in [0.2, 0.25) is 5.91 Å². The zero-order valence-corrected chi connectivity index (χ0v) is 20.6. The van der Waals surface area contributed by atoms with Crippen molar-refractivity contribution in [2.24, 2.45) is 34.6 Å². The normalized spacial score (nSPS) is 39.9. The minimum atomic E-state index is -0.653. The maximum atomic E-state index is 13.6. The molecule has 5 saturated carbocycles. The number of rotatable bonds is 9. The Hall–Kier alpha value is -2.38. The molecule has 0 aromatic carbocycles. The second-order valence-corrected chi connectivity index (χ2v) is 11.9. The van der Waals surface area contributed by atoms with E-state index < -0.39 is 17.7 Å². The van der Waals surface area contributed by atoms with Gasteiger partial charge in [-0.05, 0) is 94.4 Å². The van der Waals surface area contributed by atoms with E-state index in [1.54, 1.807) is 11.9 Å². The fraction of sp³-hybridized carbons (Fsp3) is 0.840. The average Bonchev–Trinajstić information content (AvgIpc) is 3.46. The van der Waals surface area contributed by atoms with E-state index in [-0.39, 0.29) is 35.3 Å². The van der Waals surface area contributed by atoms with Crippen molar-refractivity contribution in [2.45, 2.75) is 94.0 Å². The van der Waals surface area contributed by atoms with Crippen LogP contribution in [0.15, 0.2) is 0 Å². The molecule has 192 valence electrons. The largest absolute Gasteiger partial charge is 0.458 e. The van der Waals surface area contributed by atoms with Gasteiger partial charge in [-0.25, -0.2) is 0 Å². The highest BCUT2D eigenvalue weighted by molar-refractivity contribution is 5.84. The van der Waals surface area contributed by atoms with Gasteiger partial charge in [0.1, 0.15) is 17.7 Å². The third-order valence-corrected chi connectivity index (χ3v) is 9.42. The SMILES string of the molecule is CN[C@@H](CCCNC(=N)N)C(=O)OC12CC3CC(C1)CC([C@H](N)C(=O)N1[C@H](C#N)C[C@@H]4C[C@@H]41)(C3)C2. The van der Waals surface area contributed by atoms with E-state index in [4.69, 9.17) is 21.6 Å². The van der Waals surface area contributed by atoms with Crippen molar-refractivity contribution in [2.75, 3.05) is 13.6 Å². The van der Waals surface area contributed by atoms with Crippen molar-refractivity contribution in [1.82, 2.24) is 15.5 Å². The summed E-state index contributed by atoms with van der Waals surface area (Å²) in [5.74, 6) is 0.881. The van der Waals surface area contributed by atoms with Crippen LogP contribution in [-0.4, -0.2) is 66.1 Å². The first kappa shape index (κ1) is 24.3. The summed E-state index contributed by atoms with van der Waals surface area (Å²) in [5.41, 5.74) is 11.2. The number of hydrogen-bond donors (Lipinski definition) is 5. The van der Waals surface area contributed by atoms with Crippen molar-refractivity contribution >= 4 is 17.8 Å². The Kier molecular flexibility index (Phi) is 6.20. The lowest BCUT2D eigenvalue weighted by molar-refractivity contribution is -0.207. The van der Waals surface area contributed by atoms with Gasteiger partial charge in [0.05, 0.1) is 12.1 Å². The smallest absolute Gasteiger partial charge is 0.323 e. The first-order valence-electron chi connectivity index (χ1n) is 13.1. The number of nitrogens with zero attached hydrogens (tertiary/aromatic N) is 2. The third kappa shape index (κ3) is 4.38. The highest BCUT2D eigenvalue weighted by Gasteiger charge is 2.64. The molecule has 10 nitrogen and oxygen atoms in total. The Labute approximate surface area is 207 Å². The number of hydrogen-bond acceptors (Lipinski definition) is 7. The number of amides is 1. The lowest BCUT2D eigenvalue weighted by Crippen LogP contribution is -2.66. The molecule has 35 heavy (non-hydrogen) atoms. The number of likely N-dealkylation sites (tertiary alicyclic amines) is 1. The molecule has 6 fully saturated rings. The Morgan fingerprint density at radius 2 is 1.94 bits per heavy atom. The molecule has 7 atom stereocenters. The van der Waals surface area contributed by atoms with Gasteiger partial charge in [0.15, 0.2) is 5.96 Å². The lowest BCUT2D eigenvalue weighted by Gasteiger charge is -2.62. The van der Waals surface area contributed by atoms with Crippen LogP contribution in [0.4, 0.5) is 0 Å². The van der Waals surface area contributed by atoms with Gasteiger partial charge in [0, 0.05) is 12.6 Å². The van der Waals surface area contributed by atoms with Crippen LogP contribution in [0.25, 0.3) is 0 Å². The summed E-state index contributed by atoms with van der Waals surface area (Å²) in [6.45, 7) is 0.526. The maximum absolute atomic E-state index is 13.6. The second kappa shape index (κ2) is 8.93. The first-order chi connectivity index (χ1) is 16.7. The van der Waals surface area contributed by atoms with Gasteiger partial charge in [-0.15, -0.1) is 0 Å². The average molecular weight is 486 g/mol. The number of carbonyl (C=O) groups is 2. The molecule has 0 radical (unpaired) electrons. The zero-order valence-electron chi connectivity index (χ0n) is 20.6. The predicted octanol–water partition coefficient (Wildman–Crippen LogP) is 0.560. The van der Waals surface area contributed by atoms with Crippen LogP contribution in [0.5, 0.6) is 0 Å². The summed E-state index contributed by atoms with van der Waals surface area (Å²) in [4.78, 5) is 28.7. The molecule has 1 aliphatic heterocycles. The number of nitrogens with two attached hydrogens (primary N) is 2. The van der Waals surface area contributed by atoms with Crippen molar-refractivity contribution in [3.8, 4) is 6.07 Å². The number of nitrogens with one attached hydrogen (secondary N) is 3. The summed E-state index contributed by atoms with van der Waals surface area (Å²) in [6.07, 6.45) is 8.26. The van der Waals surface area contributed by atoms with E-state index in [9.17, 15) is 14.9 Å². The van der Waals surface area contributed by atoms with E-state index in [1.165, 1.54) is 0 Å². The highest BCUT2D eigenvalue weighted by Crippen LogP contribution is 2.64. The highest BCUT2D eigenvalue weighted by atomic mass is 16.6. The number of guanidine groups is 1. The fourth-order valence-electron chi connectivity index (χ4n) is 8.24. The van der Waals surface area contributed by atoms with Crippen LogP contribution >= 0.6 is 0 Å². The standard InChI is InChI=1S/C25H39N7O3/c1-30-18(3-2-4-31-23(28)29)22(34)35-25-10-14-5-15(11-25)9-24(8-14,13-25)20(27)21(33)32-17(12-26)6-16-7-19(16)32/h14-20,30H,2-11,13,27H2,1H3,(H4,28,29,31)/t14?,15?,16-,17+,18+,19+,20-,24?,25?/m1/s1. The third-order valence-electron chi connectivity index (χ3n) is 9.42. The van der Waals surface area contributed by atoms with Gasteiger partial charge in [-0.2, -0.15) is 5.26 Å². The van der Waals surface area contributed by atoms with Gasteiger partial charge in [-0.3, -0.25) is 15.0 Å². The molecule has 4 bridgehead atoms. The Morgan fingerprint density at radius 1 is 1.23 bits per heavy atom. The first-order valence-corrected chi connectivity index (χ1v) is 13.1. The topological polar surface area (TPSA) is 170 Å². The zero-order chi connectivity index (χ0) is 25.0. The summed E-state index contributed by atoms with van der Waals surface area (Å²) in [5, 5.41) is 22.7. The molecule has 5 aliphatic carbocycles. The van der Waals surface area contributed by atoms with E-state index >= 15 is 0 Å². The summed E-state index contributed by atoms with van der Waals surface area (Å²) < 4.78 is 6.31. The van der Waals surface area contributed by atoms with Crippen molar-refractivity contribution < 1.29 is 14.3 Å². The van der Waals surface area contributed by atoms with Gasteiger partial charge < -0.3 is 31.7 Å². The summed E-state index contributed by atoms with van der Waals surface area (Å²) in [6, 6.07) is 1.06. The molecular formula is C25H39N7O3. The van der Waals surface area contributed by atoms with Gasteiger partial charge in [0.25, 0.3) is 0 Å². The molecule has 2 unspecified atom stereocenters. The molecule has 1 amide bonds. The number of fused-ring (bicyclic) bond motifs is 1. The molecule has 0 aromatic heterocycles. The maximum Gasteiger partial charge on any atom is 0.323 e. The van der Waals surface area contributed by atoms with Gasteiger partial charge >= 0.3 is 5.97 Å². The minimum Gasteiger partial charge on any atom is -0.458 e. The van der Waals surface area contributed by atoms with Crippen LogP contribution in [0.3, 0.4) is 0 Å². The Bertz CT molecular complexity index is 919. The quantitative estimate of drug-likeness (QED) is 0.136. The lowest BCUT2D eigenvalue weighted by atomic mass is 9.46. The van der Waals surface area contributed by atoms with E-state index in [2.05, 4.69) is 16.7 Å². The molecule has 0 spiro atoms. The van der Waals surface area contributed by atoms with E-state index in [0.29, 0.717) is 43.6 Å². The Balaban J connectivity index is 1.28. The van der Waals surface area contributed by atoms with Crippen LogP contribution in [0.1, 0.15) is 64.2 Å². The number of likely N-dealkylation sites (N-methyl/N-ethyl adjacent to an activating group) is 1. The van der Waals surface area contributed by atoms with Crippen molar-refractivity contribution in [3.63, 3.8) is 0 Å².